The van der Waals surface area contributed by atoms with E-state index in [2.05, 4.69) is 32.6 Å². The van der Waals surface area contributed by atoms with Crippen molar-refractivity contribution in [2.45, 2.75) is 31.5 Å². The Morgan fingerprint density at radius 2 is 1.83 bits per heavy atom. The molecule has 0 spiro atoms. The Kier molecular flexibility index (Phi) is 8.03. The zero-order valence-electron chi connectivity index (χ0n) is 17.4. The third-order valence-electron chi connectivity index (χ3n) is 4.21. The summed E-state index contributed by atoms with van der Waals surface area (Å²) in [5.74, 6) is -0.269. The van der Waals surface area contributed by atoms with Gasteiger partial charge in [0.05, 0.1) is 19.2 Å². The summed E-state index contributed by atoms with van der Waals surface area (Å²) in [4.78, 5) is 50.3. The lowest BCUT2D eigenvalue weighted by Crippen LogP contribution is -2.33. The first kappa shape index (κ1) is 27.6. The van der Waals surface area contributed by atoms with Crippen LogP contribution >= 0.6 is 23.5 Å². The van der Waals surface area contributed by atoms with Crippen molar-refractivity contribution in [1.29, 1.82) is 0 Å². The summed E-state index contributed by atoms with van der Waals surface area (Å²) in [5.41, 5.74) is 4.55. The van der Waals surface area contributed by atoms with E-state index in [4.69, 9.17) is 10.5 Å². The van der Waals surface area contributed by atoms with Crippen LogP contribution in [0.3, 0.4) is 0 Å². The summed E-state index contributed by atoms with van der Waals surface area (Å²) in [6.45, 7) is 0.393. The number of allylic oxidation sites excluding steroid dienone is 1. The summed E-state index contributed by atoms with van der Waals surface area (Å²) in [5, 5.41) is 20.6. The summed E-state index contributed by atoms with van der Waals surface area (Å²) in [6.07, 6.45) is -3.48. The summed E-state index contributed by atoms with van der Waals surface area (Å²) < 4.78 is 58.2. The Balaban J connectivity index is 1.68. The normalized spacial score (nSPS) is 28.1. The van der Waals surface area contributed by atoms with Crippen molar-refractivity contribution >= 4 is 40.6 Å². The van der Waals surface area contributed by atoms with Crippen LogP contribution in [0, 0.1) is 0 Å². The molecular weight excluding hydrogens is 543 g/mol. The fraction of sp³-hybridized carbons (Fsp3) is 0.462. The number of rotatable bonds is 10. The van der Waals surface area contributed by atoms with Crippen LogP contribution in [0.1, 0.15) is 13.2 Å². The van der Waals surface area contributed by atoms with Gasteiger partial charge < -0.3 is 35.0 Å². The Bertz CT molecular complexity index is 1310. The lowest BCUT2D eigenvalue weighted by atomic mass is 10.1. The number of nitrogens with one attached hydrogen (secondary N) is 1. The number of anilines is 1. The summed E-state index contributed by atoms with van der Waals surface area (Å²) in [7, 11) is -16.3. The topological polar surface area (TPSA) is 288 Å². The Hall–Kier alpha value is -1.98. The minimum atomic E-state index is -5.68. The maximum Gasteiger partial charge on any atom is 0.535 e. The van der Waals surface area contributed by atoms with Gasteiger partial charge in [0.2, 0.25) is 5.95 Å². The number of aliphatic hydroxyl groups is 2. The van der Waals surface area contributed by atoms with Gasteiger partial charge in [-0.05, 0) is 6.92 Å². The van der Waals surface area contributed by atoms with Crippen molar-refractivity contribution in [3.8, 4) is 0 Å². The number of aromatic amines is 1. The first-order valence-electron chi connectivity index (χ1n) is 9.24. The van der Waals surface area contributed by atoms with E-state index < -0.39 is 60.2 Å². The number of imidazole rings is 1. The molecule has 8 N–H and O–H groups in total. The first-order valence-corrected chi connectivity index (χ1v) is 13.7. The van der Waals surface area contributed by atoms with Gasteiger partial charge in [-0.3, -0.25) is 23.8 Å². The van der Waals surface area contributed by atoms with E-state index in [1.165, 1.54) is 6.92 Å². The molecule has 1 fully saturated rings. The zero-order chi connectivity index (χ0) is 26.2. The summed E-state index contributed by atoms with van der Waals surface area (Å²) in [6, 6.07) is 0. The first-order chi connectivity index (χ1) is 16.1. The average molecular weight is 563 g/mol. The molecule has 3 heterocycles. The van der Waals surface area contributed by atoms with Gasteiger partial charge in [0.1, 0.15) is 18.3 Å². The van der Waals surface area contributed by atoms with Crippen molar-refractivity contribution in [3.63, 3.8) is 0 Å². The minimum Gasteiger partial charge on any atom is -0.412 e. The third-order valence-corrected chi connectivity index (χ3v) is 8.37. The fourth-order valence-electron chi connectivity index (χ4n) is 2.85. The van der Waals surface area contributed by atoms with Crippen molar-refractivity contribution in [2.24, 2.45) is 0 Å². The maximum atomic E-state index is 12.0. The number of phosphoric acid groups is 3. The molecule has 2 aromatic heterocycles. The number of nitrogens with two attached hydrogens (primary N) is 1. The molecule has 1 saturated heterocycles. The Labute approximate surface area is 194 Å². The van der Waals surface area contributed by atoms with Crippen LogP contribution in [-0.4, -0.2) is 69.3 Å². The van der Waals surface area contributed by atoms with Gasteiger partial charge in [0.25, 0.3) is 5.56 Å². The van der Waals surface area contributed by atoms with Crippen LogP contribution in [0.2, 0.25) is 0 Å². The molecule has 22 heteroatoms. The number of nitrogens with zero attached hydrogens (tertiary/aromatic N) is 3. The van der Waals surface area contributed by atoms with E-state index in [1.54, 1.807) is 0 Å². The largest absolute Gasteiger partial charge is 0.535 e. The van der Waals surface area contributed by atoms with Gasteiger partial charge in [0, 0.05) is 0 Å². The second kappa shape index (κ2) is 10.2. The lowest BCUT2D eigenvalue weighted by molar-refractivity contribution is -0.0503. The van der Waals surface area contributed by atoms with Crippen LogP contribution in [0.25, 0.3) is 11.2 Å². The molecular formula is C13H20N5O14P3. The molecule has 0 saturated carbocycles. The van der Waals surface area contributed by atoms with Gasteiger partial charge in [-0.2, -0.15) is 13.6 Å². The molecule has 1 aliphatic heterocycles. The molecule has 0 amide bonds. The van der Waals surface area contributed by atoms with E-state index in [9.17, 15) is 43.4 Å². The molecule has 196 valence electrons. The molecule has 0 aliphatic carbocycles. The number of aliphatic hydroxyl groups excluding tert-OH is 2. The maximum absolute atomic E-state index is 12.0. The van der Waals surface area contributed by atoms with Gasteiger partial charge >= 0.3 is 23.5 Å². The molecule has 2 aromatic rings. The Morgan fingerprint density at radius 3 is 2.49 bits per heavy atom. The van der Waals surface area contributed by atoms with Crippen molar-refractivity contribution in [3.05, 3.63) is 29.0 Å². The molecule has 0 radical (unpaired) electrons. The number of fused-ring (bicyclic) bond motifs is 1. The standard InChI is InChI=1S/C13H20N5O14P3/c1-2-3-28-33(22,23)31-35(26,27)32-34(24,25)29-4-6-8(19)9(20)12(30-6)18-5-15-7-10(18)16-13(14)17-11(7)21/h2-3,5-6,8-9,12,19-20H,4H2,1H3,(H,22,23)(H,24,25)(H,26,27)(H3,14,16,17,21)/t6-,8-,9-,12-/m1/s1. The van der Waals surface area contributed by atoms with E-state index >= 15 is 0 Å². The smallest absolute Gasteiger partial charge is 0.412 e. The van der Waals surface area contributed by atoms with Crippen molar-refractivity contribution in [1.82, 2.24) is 19.5 Å². The lowest BCUT2D eigenvalue weighted by Gasteiger charge is -2.19. The van der Waals surface area contributed by atoms with Crippen LogP contribution in [0.4, 0.5) is 5.95 Å². The number of phosphoric ester groups is 2. The number of hydrogen-bond acceptors (Lipinski definition) is 14. The fourth-order valence-corrected chi connectivity index (χ4v) is 6.28. The predicted octanol–water partition coefficient (Wildman–Crippen LogP) is -0.778. The molecule has 0 bridgehead atoms. The monoisotopic (exact) mass is 563 g/mol. The van der Waals surface area contributed by atoms with E-state index in [0.717, 1.165) is 17.0 Å². The third kappa shape index (κ3) is 6.62. The van der Waals surface area contributed by atoms with Crippen molar-refractivity contribution in [2.75, 3.05) is 12.3 Å². The van der Waals surface area contributed by atoms with Crippen molar-refractivity contribution < 1.29 is 61.0 Å². The predicted molar refractivity (Wildman–Crippen MR) is 112 cm³/mol. The molecule has 19 nitrogen and oxygen atoms in total. The molecule has 7 atom stereocenters. The molecule has 3 rings (SSSR count). The number of hydrogen-bond donors (Lipinski definition) is 7. The number of ether oxygens (including phenoxy) is 1. The van der Waals surface area contributed by atoms with Crippen LogP contribution in [-0.2, 0) is 36.1 Å². The number of H-pyrrole nitrogens is 1. The molecule has 3 unspecified atom stereocenters. The minimum absolute atomic E-state index is 0.104. The molecule has 35 heavy (non-hydrogen) atoms. The van der Waals surface area contributed by atoms with Crippen LogP contribution in [0.15, 0.2) is 23.5 Å². The number of nitrogen functional groups attached to an aromatic ring is 1. The highest BCUT2D eigenvalue weighted by Gasteiger charge is 2.47. The SMILES string of the molecule is CC=COP(=O)(O)OP(=O)(O)OP(=O)(O)OC[C@H]1O[C@@H](n2cnc3c(=O)[nH]c(N)nc32)[C@H](O)[C@@H]1O. The summed E-state index contributed by atoms with van der Waals surface area (Å²) >= 11 is 0. The second-order valence-electron chi connectivity index (χ2n) is 6.76. The average Bonchev–Trinajstić information content (AvgIpc) is 3.25. The zero-order valence-corrected chi connectivity index (χ0v) is 20.1. The van der Waals surface area contributed by atoms with Gasteiger partial charge in [-0.15, -0.1) is 0 Å². The highest BCUT2D eigenvalue weighted by Crippen LogP contribution is 2.67. The number of aromatic nitrogens is 4. The highest BCUT2D eigenvalue weighted by atomic mass is 31.3. The van der Waals surface area contributed by atoms with E-state index in [0.29, 0.717) is 6.26 Å². The van der Waals surface area contributed by atoms with Crippen LogP contribution < -0.4 is 11.3 Å². The second-order valence-corrected chi connectivity index (χ2v) is 11.3. The van der Waals surface area contributed by atoms with Gasteiger partial charge in [-0.25, -0.2) is 18.7 Å². The molecule has 0 aromatic carbocycles. The van der Waals surface area contributed by atoms with E-state index in [-0.39, 0.29) is 17.1 Å². The van der Waals surface area contributed by atoms with Gasteiger partial charge in [0.15, 0.2) is 17.4 Å². The van der Waals surface area contributed by atoms with E-state index in [1.807, 2.05) is 0 Å². The highest BCUT2D eigenvalue weighted by molar-refractivity contribution is 7.66. The van der Waals surface area contributed by atoms with Crippen LogP contribution in [0.5, 0.6) is 0 Å². The van der Waals surface area contributed by atoms with Gasteiger partial charge in [-0.1, -0.05) is 6.08 Å². The quantitative estimate of drug-likeness (QED) is 0.138. The molecule has 1 aliphatic rings. The Morgan fingerprint density at radius 1 is 1.17 bits per heavy atom.